The number of hydrogen-bond acceptors (Lipinski definition) is 6. The van der Waals surface area contributed by atoms with E-state index in [4.69, 9.17) is 16.3 Å². The van der Waals surface area contributed by atoms with Gasteiger partial charge in [-0.2, -0.15) is 15.0 Å². The quantitative estimate of drug-likeness (QED) is 0.730. The molecule has 0 aromatic carbocycles. The van der Waals surface area contributed by atoms with Crippen LogP contribution >= 0.6 is 11.6 Å². The number of rotatable bonds is 7. The zero-order valence-corrected chi connectivity index (χ0v) is 12.6. The Morgan fingerprint density at radius 2 is 2.05 bits per heavy atom. The third-order valence-corrected chi connectivity index (χ3v) is 2.28. The summed E-state index contributed by atoms with van der Waals surface area (Å²) in [6, 6.07) is 0.0270. The molecule has 0 saturated carbocycles. The van der Waals surface area contributed by atoms with E-state index in [0.717, 1.165) is 6.42 Å². The standard InChI is InChI=1S/C11H19ClN6O2/c1-4-7-20-10-16-8(12)15-9(17-10)13-5-6-14-11(19)18(2)3/h4-7H2,1-3H3,(H,14,19)(H,13,15,16,17). The van der Waals surface area contributed by atoms with Crippen molar-refractivity contribution in [2.45, 2.75) is 13.3 Å². The lowest BCUT2D eigenvalue weighted by atomic mass is 10.5. The fourth-order valence-corrected chi connectivity index (χ4v) is 1.32. The Labute approximate surface area is 122 Å². The first-order valence-electron chi connectivity index (χ1n) is 6.26. The lowest BCUT2D eigenvalue weighted by Crippen LogP contribution is -2.37. The molecule has 1 rings (SSSR count). The van der Waals surface area contributed by atoms with Crippen molar-refractivity contribution < 1.29 is 9.53 Å². The second-order valence-electron chi connectivity index (χ2n) is 4.11. The van der Waals surface area contributed by atoms with Gasteiger partial charge < -0.3 is 20.3 Å². The van der Waals surface area contributed by atoms with Crippen LogP contribution in [0.25, 0.3) is 0 Å². The SMILES string of the molecule is CCCOc1nc(Cl)nc(NCCNC(=O)N(C)C)n1. The number of nitrogens with zero attached hydrogens (tertiary/aromatic N) is 4. The highest BCUT2D eigenvalue weighted by molar-refractivity contribution is 6.28. The summed E-state index contributed by atoms with van der Waals surface area (Å²) in [5, 5.41) is 5.70. The third kappa shape index (κ3) is 5.87. The number of hydrogen-bond donors (Lipinski definition) is 2. The predicted octanol–water partition coefficient (Wildman–Crippen LogP) is 0.997. The second-order valence-corrected chi connectivity index (χ2v) is 4.45. The molecule has 1 aromatic rings. The van der Waals surface area contributed by atoms with Crippen LogP contribution in [0.2, 0.25) is 5.28 Å². The molecular weight excluding hydrogens is 284 g/mol. The molecule has 2 N–H and O–H groups in total. The van der Waals surface area contributed by atoms with Crippen molar-refractivity contribution >= 4 is 23.6 Å². The molecule has 0 aliphatic carbocycles. The van der Waals surface area contributed by atoms with Crippen LogP contribution in [0.3, 0.4) is 0 Å². The number of halogens is 1. The number of carbonyl (C=O) groups is 1. The van der Waals surface area contributed by atoms with Gasteiger partial charge in [-0.1, -0.05) is 6.92 Å². The Morgan fingerprint density at radius 3 is 2.70 bits per heavy atom. The predicted molar refractivity (Wildman–Crippen MR) is 76.2 cm³/mol. The van der Waals surface area contributed by atoms with Gasteiger partial charge in [-0.05, 0) is 18.0 Å². The fourth-order valence-electron chi connectivity index (χ4n) is 1.17. The first kappa shape index (κ1) is 16.2. The molecule has 9 heteroatoms. The lowest BCUT2D eigenvalue weighted by molar-refractivity contribution is 0.218. The third-order valence-electron chi connectivity index (χ3n) is 2.11. The van der Waals surface area contributed by atoms with Gasteiger partial charge in [0.25, 0.3) is 0 Å². The summed E-state index contributed by atoms with van der Waals surface area (Å²) in [6.45, 7) is 3.40. The number of aromatic nitrogens is 3. The van der Waals surface area contributed by atoms with E-state index in [1.54, 1.807) is 14.1 Å². The van der Waals surface area contributed by atoms with Gasteiger partial charge in [0, 0.05) is 27.2 Å². The Hall–Kier alpha value is -1.83. The highest BCUT2D eigenvalue weighted by Crippen LogP contribution is 2.11. The van der Waals surface area contributed by atoms with Gasteiger partial charge in [-0.15, -0.1) is 0 Å². The first-order valence-corrected chi connectivity index (χ1v) is 6.64. The van der Waals surface area contributed by atoms with Crippen molar-refractivity contribution in [3.63, 3.8) is 0 Å². The van der Waals surface area contributed by atoms with Gasteiger partial charge in [0.2, 0.25) is 11.2 Å². The van der Waals surface area contributed by atoms with E-state index >= 15 is 0 Å². The van der Waals surface area contributed by atoms with E-state index in [9.17, 15) is 4.79 Å². The lowest BCUT2D eigenvalue weighted by Gasteiger charge is -2.12. The maximum Gasteiger partial charge on any atom is 0.322 e. The molecule has 20 heavy (non-hydrogen) atoms. The van der Waals surface area contributed by atoms with Crippen molar-refractivity contribution in [1.29, 1.82) is 0 Å². The maximum atomic E-state index is 11.3. The fraction of sp³-hybridized carbons (Fsp3) is 0.636. The van der Waals surface area contributed by atoms with E-state index in [1.165, 1.54) is 4.90 Å². The maximum absolute atomic E-state index is 11.3. The van der Waals surface area contributed by atoms with Gasteiger partial charge in [-0.3, -0.25) is 0 Å². The van der Waals surface area contributed by atoms with Crippen molar-refractivity contribution in [2.75, 3.05) is 39.1 Å². The van der Waals surface area contributed by atoms with E-state index in [1.807, 2.05) is 6.92 Å². The number of ether oxygens (including phenoxy) is 1. The van der Waals surface area contributed by atoms with E-state index < -0.39 is 0 Å². The summed E-state index contributed by atoms with van der Waals surface area (Å²) in [5.74, 6) is 0.315. The Kier molecular flexibility index (Phi) is 6.78. The molecule has 0 saturated heterocycles. The van der Waals surface area contributed by atoms with Crippen LogP contribution in [0.4, 0.5) is 10.7 Å². The highest BCUT2D eigenvalue weighted by atomic mass is 35.5. The van der Waals surface area contributed by atoms with Gasteiger partial charge in [0.15, 0.2) is 0 Å². The Balaban J connectivity index is 2.43. The van der Waals surface area contributed by atoms with Gasteiger partial charge in [0.05, 0.1) is 6.61 Å². The Bertz CT molecular complexity index is 443. The average Bonchev–Trinajstić information content (AvgIpc) is 2.40. The molecule has 0 radical (unpaired) electrons. The molecule has 1 heterocycles. The summed E-state index contributed by atoms with van der Waals surface area (Å²) < 4.78 is 5.29. The van der Waals surface area contributed by atoms with Crippen LogP contribution in [0.1, 0.15) is 13.3 Å². The van der Waals surface area contributed by atoms with Crippen molar-refractivity contribution in [3.8, 4) is 6.01 Å². The van der Waals surface area contributed by atoms with Crippen LogP contribution in [0.15, 0.2) is 0 Å². The molecule has 0 unspecified atom stereocenters. The van der Waals surface area contributed by atoms with Crippen LogP contribution in [0.5, 0.6) is 6.01 Å². The van der Waals surface area contributed by atoms with E-state index in [2.05, 4.69) is 25.6 Å². The molecule has 0 atom stereocenters. The summed E-state index contributed by atoms with van der Waals surface area (Å²) in [7, 11) is 3.34. The largest absolute Gasteiger partial charge is 0.463 e. The molecule has 0 aliphatic rings. The molecule has 1 aromatic heterocycles. The zero-order chi connectivity index (χ0) is 15.0. The zero-order valence-electron chi connectivity index (χ0n) is 11.8. The summed E-state index contributed by atoms with van der Waals surface area (Å²) in [5.41, 5.74) is 0. The number of urea groups is 1. The molecular formula is C11H19ClN6O2. The van der Waals surface area contributed by atoms with Crippen molar-refractivity contribution in [1.82, 2.24) is 25.2 Å². The second kappa shape index (κ2) is 8.36. The van der Waals surface area contributed by atoms with Crippen LogP contribution in [0, 0.1) is 0 Å². The minimum absolute atomic E-state index is 0.0610. The minimum atomic E-state index is -0.160. The van der Waals surface area contributed by atoms with Gasteiger partial charge in [-0.25, -0.2) is 4.79 Å². The first-order chi connectivity index (χ1) is 9.52. The number of nitrogens with one attached hydrogen (secondary N) is 2. The molecule has 0 fully saturated rings. The molecule has 112 valence electrons. The number of anilines is 1. The van der Waals surface area contributed by atoms with E-state index in [-0.39, 0.29) is 17.3 Å². The van der Waals surface area contributed by atoms with Gasteiger partial charge in [0.1, 0.15) is 0 Å². The van der Waals surface area contributed by atoms with Crippen LogP contribution in [-0.4, -0.2) is 59.7 Å². The monoisotopic (exact) mass is 302 g/mol. The average molecular weight is 303 g/mol. The molecule has 8 nitrogen and oxygen atoms in total. The van der Waals surface area contributed by atoms with Crippen molar-refractivity contribution in [3.05, 3.63) is 5.28 Å². The van der Waals surface area contributed by atoms with Crippen molar-refractivity contribution in [2.24, 2.45) is 0 Å². The van der Waals surface area contributed by atoms with Gasteiger partial charge >= 0.3 is 12.0 Å². The van der Waals surface area contributed by atoms with Crippen LogP contribution < -0.4 is 15.4 Å². The molecule has 0 aliphatic heterocycles. The highest BCUT2D eigenvalue weighted by Gasteiger charge is 2.06. The topological polar surface area (TPSA) is 92.3 Å². The summed E-state index contributed by atoms with van der Waals surface area (Å²) >= 11 is 5.78. The number of carbonyl (C=O) groups excluding carboxylic acids is 1. The normalized spacial score (nSPS) is 10.0. The minimum Gasteiger partial charge on any atom is -0.463 e. The molecule has 0 bridgehead atoms. The number of amides is 2. The Morgan fingerprint density at radius 1 is 1.30 bits per heavy atom. The molecule has 2 amide bonds. The summed E-state index contributed by atoms with van der Waals surface area (Å²) in [6.07, 6.45) is 0.850. The molecule has 0 spiro atoms. The van der Waals surface area contributed by atoms with E-state index in [0.29, 0.717) is 25.6 Å². The smallest absolute Gasteiger partial charge is 0.322 e. The van der Waals surface area contributed by atoms with Crippen LogP contribution in [-0.2, 0) is 0 Å². The summed E-state index contributed by atoms with van der Waals surface area (Å²) in [4.78, 5) is 24.6.